The van der Waals surface area contributed by atoms with Crippen molar-refractivity contribution in [1.29, 1.82) is 0 Å². The molecule has 4 aromatic rings. The maximum atomic E-state index is 14.0. The summed E-state index contributed by atoms with van der Waals surface area (Å²) in [6.07, 6.45) is 6.54. The number of hydrogen-bond donors (Lipinski definition) is 0. The molecular weight excluding hydrogens is 515 g/mol. The van der Waals surface area contributed by atoms with Gasteiger partial charge in [0.25, 0.3) is 5.82 Å². The highest BCUT2D eigenvalue weighted by atomic mass is 127. The summed E-state index contributed by atoms with van der Waals surface area (Å²) in [5, 5.41) is 0.971. The number of nitrogens with zero attached hydrogens (tertiary/aromatic N) is 2. The summed E-state index contributed by atoms with van der Waals surface area (Å²) in [5.41, 5.74) is 3.80. The van der Waals surface area contributed by atoms with E-state index in [1.807, 2.05) is 34.1 Å². The predicted octanol–water partition coefficient (Wildman–Crippen LogP) is 5.56. The second-order valence-corrected chi connectivity index (χ2v) is 11.2. The minimum absolute atomic E-state index is 0.172. The molecule has 0 bridgehead atoms. The molecule has 0 fully saturated rings. The van der Waals surface area contributed by atoms with Crippen LogP contribution < -0.4 is 10.1 Å². The third kappa shape index (κ3) is 3.11. The van der Waals surface area contributed by atoms with Crippen molar-refractivity contribution in [2.45, 2.75) is 48.5 Å². The summed E-state index contributed by atoms with van der Waals surface area (Å²) in [4.78, 5) is 16.6. The van der Waals surface area contributed by atoms with Crippen LogP contribution in [0.4, 0.5) is 0 Å². The van der Waals surface area contributed by atoms with Crippen LogP contribution in [0.1, 0.15) is 47.1 Å². The van der Waals surface area contributed by atoms with Gasteiger partial charge in [0.1, 0.15) is 17.1 Å². The van der Waals surface area contributed by atoms with Crippen LogP contribution in [0.3, 0.4) is 0 Å². The number of alkyl halides is 1. The highest BCUT2D eigenvalue weighted by molar-refractivity contribution is 14.1. The van der Waals surface area contributed by atoms with Gasteiger partial charge in [0.05, 0.1) is 10.3 Å². The van der Waals surface area contributed by atoms with Crippen molar-refractivity contribution in [2.24, 2.45) is 0 Å². The first kappa shape index (κ1) is 19.7. The van der Waals surface area contributed by atoms with Crippen LogP contribution in [-0.2, 0) is 19.3 Å². The summed E-state index contributed by atoms with van der Waals surface area (Å²) in [6.45, 7) is 0. The van der Waals surface area contributed by atoms with Crippen LogP contribution in [0.25, 0.3) is 15.9 Å². The lowest BCUT2D eigenvalue weighted by Crippen LogP contribution is -2.55. The van der Waals surface area contributed by atoms with Crippen molar-refractivity contribution in [1.82, 2.24) is 4.57 Å². The molecular formula is C26H24IN2OS+. The molecule has 6 rings (SSSR count). The van der Waals surface area contributed by atoms with E-state index in [2.05, 4.69) is 69.6 Å². The lowest BCUT2D eigenvalue weighted by atomic mass is 9.94. The third-order valence-electron chi connectivity index (χ3n) is 6.74. The van der Waals surface area contributed by atoms with Crippen LogP contribution in [-0.4, -0.2) is 8.49 Å². The Morgan fingerprint density at radius 3 is 2.42 bits per heavy atom. The topological polar surface area (TPSA) is 25.9 Å². The van der Waals surface area contributed by atoms with Crippen molar-refractivity contribution in [3.8, 4) is 5.69 Å². The van der Waals surface area contributed by atoms with Crippen molar-refractivity contribution >= 4 is 44.1 Å². The molecule has 31 heavy (non-hydrogen) atoms. The summed E-state index contributed by atoms with van der Waals surface area (Å²) >= 11 is 4.51. The molecule has 2 aromatic heterocycles. The van der Waals surface area contributed by atoms with Crippen LogP contribution in [0.15, 0.2) is 65.5 Å². The SMILES string of the molecule is O=c1c2c3c(sc2[n+]2c(n1-c1ccccc1)CC[C@H](I)[C@H]2c1ccccc1)CCCC3. The van der Waals surface area contributed by atoms with Gasteiger partial charge >= 0.3 is 5.56 Å². The average Bonchev–Trinajstić information content (AvgIpc) is 3.21. The first-order valence-electron chi connectivity index (χ1n) is 11.1. The molecule has 0 spiro atoms. The second kappa shape index (κ2) is 7.85. The quantitative estimate of drug-likeness (QED) is 0.186. The minimum Gasteiger partial charge on any atom is -0.240 e. The van der Waals surface area contributed by atoms with Gasteiger partial charge in [0.2, 0.25) is 0 Å². The Hall–Kier alpha value is -1.99. The standard InChI is InChI=1S/C26H24IN2OS/c27-20-15-16-22-28(18-11-5-2-6-12-18)25(30)23-19-13-7-8-14-21(19)31-26(23)29(22)24(20)17-9-3-1-4-10-17/h1-6,9-12,20,24H,7-8,13-16H2/q+1/t20-,24+/m0/s1. The Balaban J connectivity index is 1.75. The maximum Gasteiger partial charge on any atom is 0.351 e. The largest absolute Gasteiger partial charge is 0.351 e. The number of hydrogen-bond acceptors (Lipinski definition) is 2. The molecule has 0 N–H and O–H groups in total. The Labute approximate surface area is 199 Å². The van der Waals surface area contributed by atoms with Gasteiger partial charge in [-0.15, -0.1) is 0 Å². The smallest absolute Gasteiger partial charge is 0.240 e. The van der Waals surface area contributed by atoms with Crippen molar-refractivity contribution in [2.75, 3.05) is 0 Å². The molecule has 2 atom stereocenters. The first-order valence-corrected chi connectivity index (χ1v) is 13.2. The van der Waals surface area contributed by atoms with E-state index in [4.69, 9.17) is 0 Å². The fraction of sp³-hybridized carbons (Fsp3) is 0.308. The zero-order chi connectivity index (χ0) is 20.9. The molecule has 0 saturated heterocycles. The molecule has 2 aliphatic rings. The molecule has 1 aliphatic heterocycles. The Kier molecular flexibility index (Phi) is 4.98. The van der Waals surface area contributed by atoms with E-state index in [0.717, 1.165) is 42.6 Å². The van der Waals surface area contributed by atoms with Crippen molar-refractivity contribution in [3.05, 3.63) is 92.8 Å². The van der Waals surface area contributed by atoms with E-state index >= 15 is 0 Å². The van der Waals surface area contributed by atoms with Gasteiger partial charge in [-0.3, -0.25) is 0 Å². The first-order chi connectivity index (χ1) is 15.2. The number of fused-ring (bicyclic) bond motifs is 5. The highest BCUT2D eigenvalue weighted by Gasteiger charge is 2.40. The van der Waals surface area contributed by atoms with E-state index in [0.29, 0.717) is 3.92 Å². The molecule has 2 aromatic carbocycles. The lowest BCUT2D eigenvalue weighted by Gasteiger charge is -2.29. The molecule has 0 saturated carbocycles. The molecule has 5 heteroatoms. The number of para-hydroxylation sites is 1. The third-order valence-corrected chi connectivity index (χ3v) is 9.34. The van der Waals surface area contributed by atoms with Gasteiger partial charge in [-0.25, -0.2) is 9.36 Å². The van der Waals surface area contributed by atoms with Crippen molar-refractivity contribution < 1.29 is 4.57 Å². The molecule has 3 heterocycles. The molecule has 156 valence electrons. The summed E-state index contributed by atoms with van der Waals surface area (Å²) < 4.78 is 5.03. The monoisotopic (exact) mass is 539 g/mol. The normalized spacial score (nSPS) is 20.4. The predicted molar refractivity (Wildman–Crippen MR) is 135 cm³/mol. The van der Waals surface area contributed by atoms with E-state index in [1.54, 1.807) is 0 Å². The second-order valence-electron chi connectivity index (χ2n) is 8.56. The van der Waals surface area contributed by atoms with Gasteiger partial charge < -0.3 is 0 Å². The van der Waals surface area contributed by atoms with E-state index < -0.39 is 0 Å². The zero-order valence-electron chi connectivity index (χ0n) is 17.3. The van der Waals surface area contributed by atoms with Crippen LogP contribution in [0, 0.1) is 0 Å². The maximum absolute atomic E-state index is 14.0. The number of rotatable bonds is 2. The lowest BCUT2D eigenvalue weighted by molar-refractivity contribution is -0.701. The van der Waals surface area contributed by atoms with Crippen LogP contribution >= 0.6 is 33.9 Å². The van der Waals surface area contributed by atoms with Gasteiger partial charge in [-0.05, 0) is 55.4 Å². The highest BCUT2D eigenvalue weighted by Crippen LogP contribution is 2.38. The minimum atomic E-state index is 0.172. The van der Waals surface area contributed by atoms with Gasteiger partial charge in [-0.2, -0.15) is 4.57 Å². The molecule has 0 radical (unpaired) electrons. The van der Waals surface area contributed by atoms with E-state index in [9.17, 15) is 4.79 Å². The average molecular weight is 539 g/mol. The summed E-state index contributed by atoms with van der Waals surface area (Å²) in [7, 11) is 0. The number of halogens is 1. The number of benzene rings is 2. The summed E-state index contributed by atoms with van der Waals surface area (Å²) in [6, 6.07) is 21.3. The molecule has 0 unspecified atom stereocenters. The van der Waals surface area contributed by atoms with E-state index in [1.165, 1.54) is 33.7 Å². The zero-order valence-corrected chi connectivity index (χ0v) is 20.2. The number of aromatic nitrogens is 2. The fourth-order valence-electron chi connectivity index (χ4n) is 5.35. The Bertz CT molecular complexity index is 1330. The molecule has 3 nitrogen and oxygen atoms in total. The van der Waals surface area contributed by atoms with Gasteiger partial charge in [0, 0.05) is 4.88 Å². The van der Waals surface area contributed by atoms with Gasteiger partial charge in [-0.1, -0.05) is 82.5 Å². The summed E-state index contributed by atoms with van der Waals surface area (Å²) in [5.74, 6) is 1.14. The van der Waals surface area contributed by atoms with Gasteiger partial charge in [0.15, 0.2) is 4.83 Å². The molecule has 0 amide bonds. The van der Waals surface area contributed by atoms with Crippen molar-refractivity contribution in [3.63, 3.8) is 0 Å². The number of thiophene rings is 1. The van der Waals surface area contributed by atoms with Crippen LogP contribution in [0.2, 0.25) is 0 Å². The fourth-order valence-corrected chi connectivity index (χ4v) is 7.84. The van der Waals surface area contributed by atoms with E-state index in [-0.39, 0.29) is 11.6 Å². The Morgan fingerprint density at radius 1 is 0.935 bits per heavy atom. The molecule has 1 aliphatic carbocycles. The Morgan fingerprint density at radius 2 is 1.65 bits per heavy atom. The number of aryl methyl sites for hydroxylation is 2. The van der Waals surface area contributed by atoms with Crippen LogP contribution in [0.5, 0.6) is 0 Å².